The molecule has 1 aromatic carbocycles. The molecule has 0 radical (unpaired) electrons. The zero-order valence-corrected chi connectivity index (χ0v) is 8.23. The van der Waals surface area contributed by atoms with Gasteiger partial charge in [-0.2, -0.15) is 4.39 Å². The van der Waals surface area contributed by atoms with Crippen molar-refractivity contribution in [1.82, 2.24) is 0 Å². The minimum absolute atomic E-state index is 0.410. The lowest BCUT2D eigenvalue weighted by Gasteiger charge is -1.94. The van der Waals surface area contributed by atoms with Crippen LogP contribution >= 0.6 is 22.9 Å². The molecule has 0 saturated heterocycles. The molecule has 14 heavy (non-hydrogen) atoms. The molecule has 0 aliphatic carbocycles. The fourth-order valence-electron chi connectivity index (χ4n) is 1.15. The molecular formula is C8H3ClFNO2S. The van der Waals surface area contributed by atoms with Crippen LogP contribution in [0.25, 0.3) is 10.1 Å². The van der Waals surface area contributed by atoms with Crippen molar-refractivity contribution in [3.63, 3.8) is 0 Å². The smallest absolute Gasteiger partial charge is 0.258 e. The standard InChI is InChI=1S/C8H3ClFNO2S/c9-5-3-14-8-2-6(10)7(11(12)13)1-4(5)8/h1-3H. The summed E-state index contributed by atoms with van der Waals surface area (Å²) < 4.78 is 13.7. The molecule has 0 N–H and O–H groups in total. The summed E-state index contributed by atoms with van der Waals surface area (Å²) in [7, 11) is 0. The Morgan fingerprint density at radius 3 is 2.86 bits per heavy atom. The second-order valence-corrected chi connectivity index (χ2v) is 3.96. The van der Waals surface area contributed by atoms with Gasteiger partial charge in [0.15, 0.2) is 0 Å². The SMILES string of the molecule is O=[N+]([O-])c1cc2c(Cl)csc2cc1F. The highest BCUT2D eigenvalue weighted by molar-refractivity contribution is 7.17. The maximum Gasteiger partial charge on any atom is 0.305 e. The van der Waals surface area contributed by atoms with E-state index in [-0.39, 0.29) is 0 Å². The largest absolute Gasteiger partial charge is 0.305 e. The van der Waals surface area contributed by atoms with Gasteiger partial charge in [-0.1, -0.05) is 11.6 Å². The quantitative estimate of drug-likeness (QED) is 0.556. The molecule has 0 fully saturated rings. The van der Waals surface area contributed by atoms with Crippen LogP contribution in [0.4, 0.5) is 10.1 Å². The number of hydrogen-bond donors (Lipinski definition) is 0. The first-order valence-electron chi connectivity index (χ1n) is 3.60. The molecule has 3 nitrogen and oxygen atoms in total. The molecule has 0 saturated carbocycles. The normalized spacial score (nSPS) is 10.7. The molecular weight excluding hydrogens is 229 g/mol. The first kappa shape index (κ1) is 9.36. The van der Waals surface area contributed by atoms with E-state index < -0.39 is 16.4 Å². The van der Waals surface area contributed by atoms with Gasteiger partial charge in [-0.25, -0.2) is 0 Å². The number of fused-ring (bicyclic) bond motifs is 1. The zero-order valence-electron chi connectivity index (χ0n) is 6.66. The van der Waals surface area contributed by atoms with Crippen molar-refractivity contribution < 1.29 is 9.31 Å². The molecule has 72 valence electrons. The molecule has 1 heterocycles. The Balaban J connectivity index is 2.80. The minimum atomic E-state index is -0.832. The summed E-state index contributed by atoms with van der Waals surface area (Å²) in [5.41, 5.74) is -0.544. The first-order valence-corrected chi connectivity index (χ1v) is 4.86. The predicted octanol–water partition coefficient (Wildman–Crippen LogP) is 3.60. The summed E-state index contributed by atoms with van der Waals surface area (Å²) in [6, 6.07) is 2.29. The van der Waals surface area contributed by atoms with Crippen LogP contribution in [0.5, 0.6) is 0 Å². The zero-order chi connectivity index (χ0) is 10.3. The molecule has 0 unspecified atom stereocenters. The Labute approximate surface area is 86.9 Å². The van der Waals surface area contributed by atoms with Crippen LogP contribution in [0.2, 0.25) is 5.02 Å². The Hall–Kier alpha value is -1.20. The number of nitro benzene ring substituents is 1. The Morgan fingerprint density at radius 2 is 2.21 bits per heavy atom. The number of thiophene rings is 1. The van der Waals surface area contributed by atoms with Gasteiger partial charge in [-0.3, -0.25) is 10.1 Å². The van der Waals surface area contributed by atoms with E-state index >= 15 is 0 Å². The number of benzene rings is 1. The Morgan fingerprint density at radius 1 is 1.50 bits per heavy atom. The van der Waals surface area contributed by atoms with E-state index in [1.165, 1.54) is 11.3 Å². The topological polar surface area (TPSA) is 43.1 Å². The molecule has 0 aliphatic rings. The third-order valence-electron chi connectivity index (χ3n) is 1.79. The van der Waals surface area contributed by atoms with Gasteiger partial charge in [0, 0.05) is 21.5 Å². The molecule has 0 spiro atoms. The highest BCUT2D eigenvalue weighted by Crippen LogP contribution is 2.34. The molecule has 0 bridgehead atoms. The van der Waals surface area contributed by atoms with Crippen LogP contribution in [0.15, 0.2) is 17.5 Å². The van der Waals surface area contributed by atoms with Gasteiger partial charge in [-0.15, -0.1) is 11.3 Å². The van der Waals surface area contributed by atoms with Crippen LogP contribution < -0.4 is 0 Å². The average molecular weight is 232 g/mol. The van der Waals surface area contributed by atoms with Crippen LogP contribution in [0, 0.1) is 15.9 Å². The van der Waals surface area contributed by atoms with Gasteiger partial charge >= 0.3 is 5.69 Å². The summed E-state index contributed by atoms with van der Waals surface area (Å²) in [6.07, 6.45) is 0. The van der Waals surface area contributed by atoms with Crippen LogP contribution in [0.3, 0.4) is 0 Å². The number of halogens is 2. The molecule has 1 aromatic heterocycles. The third kappa shape index (κ3) is 1.34. The van der Waals surface area contributed by atoms with E-state index in [2.05, 4.69) is 0 Å². The minimum Gasteiger partial charge on any atom is -0.258 e. The van der Waals surface area contributed by atoms with Gasteiger partial charge in [0.1, 0.15) is 0 Å². The molecule has 2 aromatic rings. The van der Waals surface area contributed by atoms with Crippen LogP contribution in [-0.2, 0) is 0 Å². The highest BCUT2D eigenvalue weighted by Gasteiger charge is 2.16. The van der Waals surface area contributed by atoms with Crippen molar-refractivity contribution in [1.29, 1.82) is 0 Å². The summed E-state index contributed by atoms with van der Waals surface area (Å²) in [4.78, 5) is 9.66. The van der Waals surface area contributed by atoms with E-state index in [1.807, 2.05) is 0 Å². The van der Waals surface area contributed by atoms with E-state index in [9.17, 15) is 14.5 Å². The molecule has 0 amide bonds. The molecule has 6 heteroatoms. The summed E-state index contributed by atoms with van der Waals surface area (Å²) in [5.74, 6) is -0.832. The van der Waals surface area contributed by atoms with Crippen molar-refractivity contribution in [2.45, 2.75) is 0 Å². The summed E-state index contributed by atoms with van der Waals surface area (Å²) in [5, 5.41) is 13.0. The highest BCUT2D eigenvalue weighted by atomic mass is 35.5. The molecule has 0 atom stereocenters. The Bertz CT molecular complexity index is 525. The second-order valence-electron chi connectivity index (χ2n) is 2.64. The Kier molecular flexibility index (Phi) is 2.13. The van der Waals surface area contributed by atoms with Crippen molar-refractivity contribution in [3.8, 4) is 0 Å². The predicted molar refractivity (Wildman–Crippen MR) is 53.4 cm³/mol. The average Bonchev–Trinajstić information content (AvgIpc) is 2.46. The lowest BCUT2D eigenvalue weighted by Crippen LogP contribution is -1.91. The molecule has 2 rings (SSSR count). The van der Waals surface area contributed by atoms with E-state index in [0.717, 1.165) is 12.1 Å². The lowest BCUT2D eigenvalue weighted by atomic mass is 10.2. The van der Waals surface area contributed by atoms with Gasteiger partial charge in [-0.05, 0) is 6.07 Å². The number of rotatable bonds is 1. The van der Waals surface area contributed by atoms with Crippen molar-refractivity contribution in [2.75, 3.05) is 0 Å². The second kappa shape index (κ2) is 3.18. The fourth-order valence-corrected chi connectivity index (χ4v) is 2.32. The number of nitrogens with zero attached hydrogens (tertiary/aromatic N) is 1. The van der Waals surface area contributed by atoms with E-state index in [1.54, 1.807) is 5.38 Å². The lowest BCUT2D eigenvalue weighted by molar-refractivity contribution is -0.387. The molecule has 0 aliphatic heterocycles. The van der Waals surface area contributed by atoms with Gasteiger partial charge in [0.05, 0.1) is 9.95 Å². The van der Waals surface area contributed by atoms with E-state index in [0.29, 0.717) is 15.1 Å². The van der Waals surface area contributed by atoms with Crippen molar-refractivity contribution in [2.24, 2.45) is 0 Å². The number of hydrogen-bond acceptors (Lipinski definition) is 3. The maximum absolute atomic E-state index is 13.1. The van der Waals surface area contributed by atoms with Gasteiger partial charge in [0.25, 0.3) is 0 Å². The van der Waals surface area contributed by atoms with Crippen molar-refractivity contribution >= 4 is 38.7 Å². The summed E-state index contributed by atoms with van der Waals surface area (Å²) in [6.45, 7) is 0. The maximum atomic E-state index is 13.1. The number of nitro groups is 1. The summed E-state index contributed by atoms with van der Waals surface area (Å²) >= 11 is 7.02. The fraction of sp³-hybridized carbons (Fsp3) is 0. The van der Waals surface area contributed by atoms with Crippen LogP contribution in [-0.4, -0.2) is 4.92 Å². The first-order chi connectivity index (χ1) is 6.59. The van der Waals surface area contributed by atoms with Gasteiger partial charge < -0.3 is 0 Å². The monoisotopic (exact) mass is 231 g/mol. The van der Waals surface area contributed by atoms with E-state index in [4.69, 9.17) is 11.6 Å². The van der Waals surface area contributed by atoms with Crippen LogP contribution in [0.1, 0.15) is 0 Å². The van der Waals surface area contributed by atoms with Crippen molar-refractivity contribution in [3.05, 3.63) is 38.5 Å². The van der Waals surface area contributed by atoms with Gasteiger partial charge in [0.2, 0.25) is 5.82 Å². The third-order valence-corrected chi connectivity index (χ3v) is 3.18.